The topological polar surface area (TPSA) is 99.4 Å². The summed E-state index contributed by atoms with van der Waals surface area (Å²) in [6.45, 7) is -0.0379. The van der Waals surface area contributed by atoms with Crippen LogP contribution < -0.4 is 0 Å². The predicted octanol–water partition coefficient (Wildman–Crippen LogP) is -0.628. The molecule has 1 rings (SSSR count). The maximum absolute atomic E-state index is 11.1. The lowest BCUT2D eigenvalue weighted by Crippen LogP contribution is -2.10. The summed E-state index contributed by atoms with van der Waals surface area (Å²) in [4.78, 5) is 14.9. The summed E-state index contributed by atoms with van der Waals surface area (Å²) < 4.78 is 31.2. The first kappa shape index (κ1) is 12.8. The SMILES string of the molecule is COCC(=O)Cc1nc(CS(C)(=O)=O)no1. The third-order valence-electron chi connectivity index (χ3n) is 1.56. The van der Waals surface area contributed by atoms with E-state index in [0.29, 0.717) is 0 Å². The minimum Gasteiger partial charge on any atom is -0.377 e. The van der Waals surface area contributed by atoms with Crippen molar-refractivity contribution in [1.29, 1.82) is 0 Å². The molecular formula is C8H12N2O5S. The number of ether oxygens (including phenoxy) is 1. The Kier molecular flexibility index (Phi) is 4.13. The van der Waals surface area contributed by atoms with Crippen molar-refractivity contribution >= 4 is 15.6 Å². The fraction of sp³-hybridized carbons (Fsp3) is 0.625. The zero-order valence-corrected chi connectivity index (χ0v) is 9.78. The summed E-state index contributed by atoms with van der Waals surface area (Å²) in [6.07, 6.45) is 1.02. The summed E-state index contributed by atoms with van der Waals surface area (Å²) in [5.74, 6) is -0.352. The molecule has 0 N–H and O–H groups in total. The van der Waals surface area contributed by atoms with E-state index in [0.717, 1.165) is 6.26 Å². The van der Waals surface area contributed by atoms with Gasteiger partial charge in [0.1, 0.15) is 12.4 Å². The molecule has 90 valence electrons. The maximum Gasteiger partial charge on any atom is 0.234 e. The van der Waals surface area contributed by atoms with Crippen molar-refractivity contribution in [1.82, 2.24) is 10.1 Å². The third kappa shape index (κ3) is 4.49. The van der Waals surface area contributed by atoms with Crippen LogP contribution in [0.25, 0.3) is 0 Å². The van der Waals surface area contributed by atoms with Crippen LogP contribution in [0, 0.1) is 0 Å². The summed E-state index contributed by atoms with van der Waals surface area (Å²) >= 11 is 0. The lowest BCUT2D eigenvalue weighted by Gasteiger charge is -1.93. The maximum atomic E-state index is 11.1. The normalized spacial score (nSPS) is 11.6. The van der Waals surface area contributed by atoms with Gasteiger partial charge in [0.05, 0.1) is 6.42 Å². The molecule has 1 aromatic rings. The highest BCUT2D eigenvalue weighted by atomic mass is 32.2. The Bertz CT molecular complexity index is 465. The molecule has 0 aromatic carbocycles. The number of nitrogens with zero attached hydrogens (tertiary/aromatic N) is 2. The zero-order valence-electron chi connectivity index (χ0n) is 8.97. The average molecular weight is 248 g/mol. The van der Waals surface area contributed by atoms with E-state index in [1.54, 1.807) is 0 Å². The van der Waals surface area contributed by atoms with Gasteiger partial charge in [0, 0.05) is 13.4 Å². The van der Waals surface area contributed by atoms with E-state index < -0.39 is 9.84 Å². The van der Waals surface area contributed by atoms with E-state index in [4.69, 9.17) is 4.52 Å². The van der Waals surface area contributed by atoms with E-state index >= 15 is 0 Å². The first-order chi connectivity index (χ1) is 7.40. The summed E-state index contributed by atoms with van der Waals surface area (Å²) in [7, 11) is -1.79. The van der Waals surface area contributed by atoms with Crippen molar-refractivity contribution in [3.05, 3.63) is 11.7 Å². The van der Waals surface area contributed by atoms with E-state index in [9.17, 15) is 13.2 Å². The summed E-state index contributed by atoms with van der Waals surface area (Å²) in [6, 6.07) is 0. The van der Waals surface area contributed by atoms with Gasteiger partial charge in [-0.3, -0.25) is 4.79 Å². The zero-order chi connectivity index (χ0) is 12.2. The molecule has 7 nitrogen and oxygen atoms in total. The molecule has 1 aromatic heterocycles. The minimum absolute atomic E-state index is 0.0379. The standard InChI is InChI=1S/C8H12N2O5S/c1-14-4-6(11)3-8-9-7(10-15-8)5-16(2,12)13/h3-5H2,1-2H3. The van der Waals surface area contributed by atoms with Gasteiger partial charge in [-0.15, -0.1) is 0 Å². The molecule has 0 aliphatic carbocycles. The quantitative estimate of drug-likeness (QED) is 0.660. The number of methoxy groups -OCH3 is 1. The van der Waals surface area contributed by atoms with E-state index in [-0.39, 0.29) is 36.3 Å². The fourth-order valence-electron chi connectivity index (χ4n) is 1.04. The molecule has 0 aliphatic heterocycles. The van der Waals surface area contributed by atoms with E-state index in [2.05, 4.69) is 14.9 Å². The lowest BCUT2D eigenvalue weighted by atomic mass is 10.3. The Morgan fingerprint density at radius 1 is 1.50 bits per heavy atom. The number of aromatic nitrogens is 2. The van der Waals surface area contributed by atoms with Crippen molar-refractivity contribution < 1.29 is 22.5 Å². The van der Waals surface area contributed by atoms with Crippen LogP contribution in [0.3, 0.4) is 0 Å². The average Bonchev–Trinajstić information content (AvgIpc) is 2.49. The molecule has 0 spiro atoms. The van der Waals surface area contributed by atoms with Crippen LogP contribution in [0.2, 0.25) is 0 Å². The number of carbonyl (C=O) groups is 1. The lowest BCUT2D eigenvalue weighted by molar-refractivity contribution is -0.122. The molecule has 0 atom stereocenters. The van der Waals surface area contributed by atoms with Gasteiger partial charge in [-0.25, -0.2) is 8.42 Å². The number of hydrogen-bond donors (Lipinski definition) is 0. The number of Topliss-reactive ketones (excluding diaryl/α,β-unsaturated/α-hetero) is 1. The van der Waals surface area contributed by atoms with Crippen LogP contribution in [0.5, 0.6) is 0 Å². The van der Waals surface area contributed by atoms with Crippen LogP contribution in [-0.2, 0) is 31.5 Å². The molecule has 0 saturated carbocycles. The first-order valence-corrected chi connectivity index (χ1v) is 6.46. The molecule has 0 bridgehead atoms. The van der Waals surface area contributed by atoms with Gasteiger partial charge in [-0.2, -0.15) is 4.98 Å². The highest BCUT2D eigenvalue weighted by Gasteiger charge is 2.14. The van der Waals surface area contributed by atoms with E-state index in [1.165, 1.54) is 7.11 Å². The van der Waals surface area contributed by atoms with Crippen LogP contribution in [0.4, 0.5) is 0 Å². The molecule has 0 aliphatic rings. The molecule has 8 heteroatoms. The van der Waals surface area contributed by atoms with Gasteiger partial charge in [-0.1, -0.05) is 5.16 Å². The Morgan fingerprint density at radius 3 is 2.75 bits per heavy atom. The molecule has 1 heterocycles. The summed E-state index contributed by atoms with van der Waals surface area (Å²) in [5.41, 5.74) is 0. The van der Waals surface area contributed by atoms with Crippen LogP contribution >= 0.6 is 0 Å². The van der Waals surface area contributed by atoms with Gasteiger partial charge >= 0.3 is 0 Å². The first-order valence-electron chi connectivity index (χ1n) is 4.40. The highest BCUT2D eigenvalue weighted by Crippen LogP contribution is 2.03. The highest BCUT2D eigenvalue weighted by molar-refractivity contribution is 7.89. The molecular weight excluding hydrogens is 236 g/mol. The van der Waals surface area contributed by atoms with Crippen molar-refractivity contribution in [2.45, 2.75) is 12.2 Å². The van der Waals surface area contributed by atoms with Crippen molar-refractivity contribution in [2.24, 2.45) is 0 Å². The smallest absolute Gasteiger partial charge is 0.234 e. The molecule has 0 amide bonds. The van der Waals surface area contributed by atoms with Crippen LogP contribution in [0.1, 0.15) is 11.7 Å². The van der Waals surface area contributed by atoms with Crippen molar-refractivity contribution in [3.63, 3.8) is 0 Å². The van der Waals surface area contributed by atoms with Gasteiger partial charge in [0.2, 0.25) is 5.89 Å². The Hall–Kier alpha value is -1.28. The number of carbonyl (C=O) groups excluding carboxylic acids is 1. The van der Waals surface area contributed by atoms with Gasteiger partial charge in [0.25, 0.3) is 0 Å². The number of ketones is 1. The van der Waals surface area contributed by atoms with Crippen molar-refractivity contribution in [2.75, 3.05) is 20.0 Å². The Labute approximate surface area is 92.7 Å². The third-order valence-corrected chi connectivity index (χ3v) is 2.34. The summed E-state index contributed by atoms with van der Waals surface area (Å²) in [5, 5.41) is 3.46. The largest absolute Gasteiger partial charge is 0.377 e. The van der Waals surface area contributed by atoms with E-state index in [1.807, 2.05) is 0 Å². The number of hydrogen-bond acceptors (Lipinski definition) is 7. The molecule has 0 radical (unpaired) electrons. The monoisotopic (exact) mass is 248 g/mol. The van der Waals surface area contributed by atoms with Crippen LogP contribution in [0.15, 0.2) is 4.52 Å². The number of rotatable bonds is 6. The Balaban J connectivity index is 2.62. The van der Waals surface area contributed by atoms with Gasteiger partial charge in [-0.05, 0) is 0 Å². The van der Waals surface area contributed by atoms with Gasteiger partial charge in [0.15, 0.2) is 21.4 Å². The second-order valence-electron chi connectivity index (χ2n) is 3.32. The second-order valence-corrected chi connectivity index (χ2v) is 5.46. The molecule has 0 unspecified atom stereocenters. The fourth-order valence-corrected chi connectivity index (χ4v) is 1.62. The Morgan fingerprint density at radius 2 is 2.19 bits per heavy atom. The molecule has 0 saturated heterocycles. The van der Waals surface area contributed by atoms with Crippen molar-refractivity contribution in [3.8, 4) is 0 Å². The molecule has 16 heavy (non-hydrogen) atoms. The van der Waals surface area contributed by atoms with Gasteiger partial charge < -0.3 is 9.26 Å². The number of sulfone groups is 1. The second kappa shape index (κ2) is 5.17. The minimum atomic E-state index is -3.20. The molecule has 0 fully saturated rings. The predicted molar refractivity (Wildman–Crippen MR) is 53.4 cm³/mol. The van der Waals surface area contributed by atoms with Crippen LogP contribution in [-0.4, -0.2) is 44.3 Å².